The van der Waals surface area contributed by atoms with E-state index in [9.17, 15) is 18.0 Å². The Kier molecular flexibility index (Phi) is 6.48. The van der Waals surface area contributed by atoms with Gasteiger partial charge in [-0.25, -0.2) is 0 Å². The van der Waals surface area contributed by atoms with Gasteiger partial charge in [-0.15, -0.1) is 0 Å². The molecule has 0 aliphatic rings. The molecule has 2 N–H and O–H groups in total. The summed E-state index contributed by atoms with van der Waals surface area (Å²) in [7, 11) is 3.14. The lowest BCUT2D eigenvalue weighted by Gasteiger charge is -2.13. The standard InChI is InChI=1S/C14H19F3N2O2/c1-18-12-6-5-10(14(15,16)17)9-11(12)13(20)19-7-3-4-8-21-2/h5-6,9,18H,3-4,7-8H2,1-2H3,(H,19,20). The Morgan fingerprint density at radius 3 is 2.57 bits per heavy atom. The summed E-state index contributed by atoms with van der Waals surface area (Å²) in [5, 5.41) is 5.33. The van der Waals surface area contributed by atoms with Crippen molar-refractivity contribution in [2.24, 2.45) is 0 Å². The van der Waals surface area contributed by atoms with E-state index in [2.05, 4.69) is 10.6 Å². The quantitative estimate of drug-likeness (QED) is 0.762. The van der Waals surface area contributed by atoms with Gasteiger partial charge in [-0.2, -0.15) is 13.2 Å². The minimum atomic E-state index is -4.47. The Bertz CT molecular complexity index is 476. The number of hydrogen-bond donors (Lipinski definition) is 2. The van der Waals surface area contributed by atoms with Crippen LogP contribution in [0.4, 0.5) is 18.9 Å². The van der Waals surface area contributed by atoms with Crippen LogP contribution in [0, 0.1) is 0 Å². The normalized spacial score (nSPS) is 11.3. The zero-order valence-corrected chi connectivity index (χ0v) is 12.0. The van der Waals surface area contributed by atoms with E-state index in [-0.39, 0.29) is 5.56 Å². The van der Waals surface area contributed by atoms with Crippen molar-refractivity contribution in [1.82, 2.24) is 5.32 Å². The third kappa shape index (κ3) is 5.26. The van der Waals surface area contributed by atoms with Crippen LogP contribution in [0.5, 0.6) is 0 Å². The molecule has 1 aromatic rings. The van der Waals surface area contributed by atoms with Gasteiger partial charge in [0.05, 0.1) is 11.1 Å². The average Bonchev–Trinajstić information content (AvgIpc) is 2.45. The van der Waals surface area contributed by atoms with Gasteiger partial charge in [0.1, 0.15) is 0 Å². The maximum Gasteiger partial charge on any atom is 0.416 e. The third-order valence-electron chi connectivity index (χ3n) is 2.92. The molecular weight excluding hydrogens is 285 g/mol. The predicted octanol–water partition coefficient (Wildman–Crippen LogP) is 2.90. The molecule has 1 aromatic carbocycles. The molecule has 0 spiro atoms. The molecule has 1 rings (SSSR count). The monoisotopic (exact) mass is 304 g/mol. The Morgan fingerprint density at radius 2 is 2.00 bits per heavy atom. The summed E-state index contributed by atoms with van der Waals surface area (Å²) in [5.41, 5.74) is -0.498. The number of alkyl halides is 3. The van der Waals surface area contributed by atoms with E-state index in [1.165, 1.54) is 6.07 Å². The van der Waals surface area contributed by atoms with E-state index < -0.39 is 17.6 Å². The number of nitrogens with one attached hydrogen (secondary N) is 2. The molecule has 0 aromatic heterocycles. The molecule has 1 amide bonds. The van der Waals surface area contributed by atoms with Gasteiger partial charge < -0.3 is 15.4 Å². The molecule has 0 saturated carbocycles. The van der Waals surface area contributed by atoms with Crippen LogP contribution in [0.2, 0.25) is 0 Å². The molecular formula is C14H19F3N2O2. The predicted molar refractivity (Wildman–Crippen MR) is 74.4 cm³/mol. The van der Waals surface area contributed by atoms with E-state index in [1.807, 2.05) is 0 Å². The average molecular weight is 304 g/mol. The van der Waals surface area contributed by atoms with Crippen LogP contribution >= 0.6 is 0 Å². The number of ether oxygens (including phenoxy) is 1. The first-order valence-corrected chi connectivity index (χ1v) is 6.56. The Labute approximate surface area is 121 Å². The Balaban J connectivity index is 2.77. The number of methoxy groups -OCH3 is 1. The maximum absolute atomic E-state index is 12.7. The molecule has 0 unspecified atom stereocenters. The van der Waals surface area contributed by atoms with Crippen molar-refractivity contribution in [3.05, 3.63) is 29.3 Å². The number of halogens is 3. The van der Waals surface area contributed by atoms with Crippen LogP contribution in [0.1, 0.15) is 28.8 Å². The molecule has 4 nitrogen and oxygen atoms in total. The highest BCUT2D eigenvalue weighted by Crippen LogP contribution is 2.31. The number of carbonyl (C=O) groups is 1. The second kappa shape index (κ2) is 7.87. The van der Waals surface area contributed by atoms with Crippen LogP contribution in [0.25, 0.3) is 0 Å². The minimum Gasteiger partial charge on any atom is -0.387 e. The molecule has 0 bridgehead atoms. The fraction of sp³-hybridized carbons (Fsp3) is 0.500. The van der Waals surface area contributed by atoms with Crippen molar-refractivity contribution in [3.8, 4) is 0 Å². The number of rotatable bonds is 7. The highest BCUT2D eigenvalue weighted by atomic mass is 19.4. The number of amides is 1. The van der Waals surface area contributed by atoms with E-state index in [4.69, 9.17) is 4.74 Å². The number of benzene rings is 1. The molecule has 118 valence electrons. The summed E-state index contributed by atoms with van der Waals surface area (Å²) >= 11 is 0. The van der Waals surface area contributed by atoms with Gasteiger partial charge >= 0.3 is 6.18 Å². The summed E-state index contributed by atoms with van der Waals surface area (Å²) in [6, 6.07) is 3.06. The number of anilines is 1. The molecule has 0 atom stereocenters. The molecule has 0 radical (unpaired) electrons. The molecule has 21 heavy (non-hydrogen) atoms. The van der Waals surface area contributed by atoms with E-state index >= 15 is 0 Å². The van der Waals surface area contributed by atoms with Crippen LogP contribution in [-0.2, 0) is 10.9 Å². The lowest BCUT2D eigenvalue weighted by Crippen LogP contribution is -2.26. The van der Waals surface area contributed by atoms with E-state index in [0.29, 0.717) is 25.3 Å². The molecule has 0 heterocycles. The Hall–Kier alpha value is -1.76. The van der Waals surface area contributed by atoms with Crippen LogP contribution in [0.15, 0.2) is 18.2 Å². The van der Waals surface area contributed by atoms with Gasteiger partial charge in [-0.05, 0) is 31.0 Å². The third-order valence-corrected chi connectivity index (χ3v) is 2.92. The van der Waals surface area contributed by atoms with E-state index in [1.54, 1.807) is 14.2 Å². The van der Waals surface area contributed by atoms with Crippen molar-refractivity contribution in [3.63, 3.8) is 0 Å². The topological polar surface area (TPSA) is 50.4 Å². The highest BCUT2D eigenvalue weighted by Gasteiger charge is 2.31. The molecule has 0 saturated heterocycles. The largest absolute Gasteiger partial charge is 0.416 e. The summed E-state index contributed by atoms with van der Waals surface area (Å²) in [6.07, 6.45) is -2.99. The van der Waals surface area contributed by atoms with Crippen molar-refractivity contribution < 1.29 is 22.7 Å². The number of hydrogen-bond acceptors (Lipinski definition) is 3. The SMILES string of the molecule is CNc1ccc(C(F)(F)F)cc1C(=O)NCCCCOC. The Morgan fingerprint density at radius 1 is 1.29 bits per heavy atom. The zero-order valence-electron chi connectivity index (χ0n) is 12.0. The van der Waals surface area contributed by atoms with Crippen molar-refractivity contribution >= 4 is 11.6 Å². The summed E-state index contributed by atoms with van der Waals surface area (Å²) in [4.78, 5) is 12.0. The molecule has 0 fully saturated rings. The lowest BCUT2D eigenvalue weighted by atomic mass is 10.1. The highest BCUT2D eigenvalue weighted by molar-refractivity contribution is 5.99. The molecule has 0 aliphatic carbocycles. The van der Waals surface area contributed by atoms with Crippen LogP contribution < -0.4 is 10.6 Å². The van der Waals surface area contributed by atoms with Gasteiger partial charge in [0.2, 0.25) is 0 Å². The van der Waals surface area contributed by atoms with Crippen molar-refractivity contribution in [1.29, 1.82) is 0 Å². The molecule has 7 heteroatoms. The first-order chi connectivity index (χ1) is 9.90. The number of unbranched alkanes of at least 4 members (excludes halogenated alkanes) is 1. The summed E-state index contributed by atoms with van der Waals surface area (Å²) in [5.74, 6) is -0.525. The fourth-order valence-electron chi connectivity index (χ4n) is 1.79. The van der Waals surface area contributed by atoms with Crippen molar-refractivity contribution in [2.75, 3.05) is 32.6 Å². The first kappa shape index (κ1) is 17.3. The van der Waals surface area contributed by atoms with Crippen LogP contribution in [0.3, 0.4) is 0 Å². The van der Waals surface area contributed by atoms with Gasteiger partial charge in [0, 0.05) is 33.0 Å². The smallest absolute Gasteiger partial charge is 0.387 e. The first-order valence-electron chi connectivity index (χ1n) is 6.56. The van der Waals surface area contributed by atoms with Crippen molar-refractivity contribution in [2.45, 2.75) is 19.0 Å². The zero-order chi connectivity index (χ0) is 15.9. The van der Waals surface area contributed by atoms with Gasteiger partial charge in [0.25, 0.3) is 5.91 Å². The summed E-state index contributed by atoms with van der Waals surface area (Å²) in [6.45, 7) is 0.975. The second-order valence-corrected chi connectivity index (χ2v) is 4.46. The maximum atomic E-state index is 12.7. The fourth-order valence-corrected chi connectivity index (χ4v) is 1.79. The van der Waals surface area contributed by atoms with Gasteiger partial charge in [0.15, 0.2) is 0 Å². The van der Waals surface area contributed by atoms with Gasteiger partial charge in [-0.1, -0.05) is 0 Å². The minimum absolute atomic E-state index is 0.0148. The van der Waals surface area contributed by atoms with E-state index in [0.717, 1.165) is 18.6 Å². The second-order valence-electron chi connectivity index (χ2n) is 4.46. The lowest BCUT2D eigenvalue weighted by molar-refractivity contribution is -0.137. The van der Waals surface area contributed by atoms with Gasteiger partial charge in [-0.3, -0.25) is 4.79 Å². The van der Waals surface area contributed by atoms with Crippen LogP contribution in [-0.4, -0.2) is 33.2 Å². The molecule has 0 aliphatic heterocycles. The number of carbonyl (C=O) groups excluding carboxylic acids is 1. The summed E-state index contributed by atoms with van der Waals surface area (Å²) < 4.78 is 43.0.